The summed E-state index contributed by atoms with van der Waals surface area (Å²) in [6.45, 7) is 0. The van der Waals surface area contributed by atoms with E-state index in [1.54, 1.807) is 0 Å². The lowest BCUT2D eigenvalue weighted by Gasteiger charge is -2.18. The third-order valence-corrected chi connectivity index (χ3v) is 11.2. The Bertz CT molecular complexity index is 3060. The molecule has 0 saturated carbocycles. The molecule has 52 heavy (non-hydrogen) atoms. The summed E-state index contributed by atoms with van der Waals surface area (Å²) in [5, 5.41) is 15.6. The van der Waals surface area contributed by atoms with E-state index in [-0.39, 0.29) is 0 Å². The Morgan fingerprint density at radius 1 is 0.192 bits per heavy atom. The van der Waals surface area contributed by atoms with Gasteiger partial charge in [0.1, 0.15) is 0 Å². The molecule has 11 rings (SSSR count). The van der Waals surface area contributed by atoms with Crippen LogP contribution < -0.4 is 0 Å². The smallest absolute Gasteiger partial charge is 0.00203 e. The molecule has 0 N–H and O–H groups in total. The zero-order chi connectivity index (χ0) is 34.2. The van der Waals surface area contributed by atoms with Gasteiger partial charge < -0.3 is 0 Å². The molecule has 0 aromatic heterocycles. The van der Waals surface area contributed by atoms with Crippen LogP contribution in [0.25, 0.3) is 109 Å². The van der Waals surface area contributed by atoms with Crippen LogP contribution in [0, 0.1) is 0 Å². The van der Waals surface area contributed by atoms with Crippen molar-refractivity contribution in [1.82, 2.24) is 0 Å². The van der Waals surface area contributed by atoms with Gasteiger partial charge in [-0.2, -0.15) is 0 Å². The third kappa shape index (κ3) is 4.41. The minimum absolute atomic E-state index is 1.22. The van der Waals surface area contributed by atoms with E-state index < -0.39 is 0 Å². The molecule has 0 heterocycles. The average molecular weight is 657 g/mol. The van der Waals surface area contributed by atoms with E-state index in [0.29, 0.717) is 0 Å². The lowest BCUT2D eigenvalue weighted by atomic mass is 9.85. The monoisotopic (exact) mass is 656 g/mol. The second kappa shape index (κ2) is 11.4. The van der Waals surface area contributed by atoms with Gasteiger partial charge in [0, 0.05) is 0 Å². The quantitative estimate of drug-likeness (QED) is 0.165. The highest BCUT2D eigenvalue weighted by atomic mass is 14.2. The number of fused-ring (bicyclic) bond motifs is 6. The SMILES string of the molecule is c1ccc(-c2cc(-c3ccccc3)cc(-c3ccc4ccc5c(-c6ccc7c8ccccc8c8ccccc8c7c6)ccc6ccc3c4c65)c2)cc1. The Labute approximate surface area is 302 Å². The summed E-state index contributed by atoms with van der Waals surface area (Å²) in [5.74, 6) is 0. The average Bonchev–Trinajstić information content (AvgIpc) is 3.23. The summed E-state index contributed by atoms with van der Waals surface area (Å²) in [4.78, 5) is 0. The van der Waals surface area contributed by atoms with E-state index in [9.17, 15) is 0 Å². The Morgan fingerprint density at radius 3 is 1.10 bits per heavy atom. The first-order valence-corrected chi connectivity index (χ1v) is 18.1. The van der Waals surface area contributed by atoms with Crippen LogP contribution >= 0.6 is 0 Å². The molecule has 0 fully saturated rings. The fraction of sp³-hybridized carbons (Fsp3) is 0. The van der Waals surface area contributed by atoms with E-state index >= 15 is 0 Å². The first-order chi connectivity index (χ1) is 25.8. The summed E-state index contributed by atoms with van der Waals surface area (Å²) in [7, 11) is 0. The molecule has 0 unspecified atom stereocenters. The molecule has 11 aromatic carbocycles. The van der Waals surface area contributed by atoms with Crippen molar-refractivity contribution >= 4 is 64.6 Å². The predicted octanol–water partition coefficient (Wildman–Crippen LogP) is 14.7. The first kappa shape index (κ1) is 29.0. The van der Waals surface area contributed by atoms with Crippen LogP contribution in [-0.2, 0) is 0 Å². The molecular weight excluding hydrogens is 625 g/mol. The van der Waals surface area contributed by atoms with Gasteiger partial charge in [0.2, 0.25) is 0 Å². The van der Waals surface area contributed by atoms with E-state index in [4.69, 9.17) is 0 Å². The first-order valence-electron chi connectivity index (χ1n) is 18.1. The fourth-order valence-electron chi connectivity index (χ4n) is 8.76. The van der Waals surface area contributed by atoms with Crippen molar-refractivity contribution in [3.63, 3.8) is 0 Å². The molecule has 0 aliphatic heterocycles. The summed E-state index contributed by atoms with van der Waals surface area (Å²) < 4.78 is 0. The summed E-state index contributed by atoms with van der Waals surface area (Å²) in [6, 6.07) is 71.8. The zero-order valence-corrected chi connectivity index (χ0v) is 28.5. The zero-order valence-electron chi connectivity index (χ0n) is 28.5. The minimum atomic E-state index is 1.22. The number of rotatable bonds is 4. The molecule has 0 radical (unpaired) electrons. The molecule has 0 bridgehead atoms. The molecule has 0 saturated heterocycles. The van der Waals surface area contributed by atoms with Crippen LogP contribution in [-0.4, -0.2) is 0 Å². The largest absolute Gasteiger partial charge is 0.0622 e. The molecule has 0 nitrogen and oxygen atoms in total. The predicted molar refractivity (Wildman–Crippen MR) is 224 cm³/mol. The lowest BCUT2D eigenvalue weighted by molar-refractivity contribution is 1.58. The standard InChI is InChI=1S/C52H32/c1-3-11-33(12-4-1)38-29-39(34-13-5-2-6-14-34)31-40(30-38)42-25-20-36-21-27-48-41(24-19-35-22-28-49(42)52(36)51(35)48)37-23-26-47-45-17-8-7-15-43(45)44-16-9-10-18-46(44)50(47)32-37/h1-32H. The molecule has 0 aliphatic carbocycles. The van der Waals surface area contributed by atoms with Gasteiger partial charge in [0.15, 0.2) is 0 Å². The maximum atomic E-state index is 2.42. The lowest BCUT2D eigenvalue weighted by Crippen LogP contribution is -1.91. The van der Waals surface area contributed by atoms with E-state index in [1.165, 1.54) is 109 Å². The molecular formula is C52H32. The maximum absolute atomic E-state index is 2.42. The fourth-order valence-corrected chi connectivity index (χ4v) is 8.76. The van der Waals surface area contributed by atoms with Crippen molar-refractivity contribution in [2.24, 2.45) is 0 Å². The Hall–Kier alpha value is -6.76. The minimum Gasteiger partial charge on any atom is -0.0622 e. The highest BCUT2D eigenvalue weighted by Crippen LogP contribution is 2.45. The summed E-state index contributed by atoms with van der Waals surface area (Å²) in [6.07, 6.45) is 0. The molecule has 0 spiro atoms. The number of hydrogen-bond donors (Lipinski definition) is 0. The van der Waals surface area contributed by atoms with Crippen LogP contribution in [0.3, 0.4) is 0 Å². The molecule has 0 atom stereocenters. The van der Waals surface area contributed by atoms with Crippen LogP contribution in [0.1, 0.15) is 0 Å². The number of hydrogen-bond acceptors (Lipinski definition) is 0. The maximum Gasteiger partial charge on any atom is -0.00203 e. The summed E-state index contributed by atoms with van der Waals surface area (Å²) in [5.41, 5.74) is 9.89. The van der Waals surface area contributed by atoms with Crippen LogP contribution in [0.2, 0.25) is 0 Å². The van der Waals surface area contributed by atoms with Gasteiger partial charge in [0.25, 0.3) is 0 Å². The van der Waals surface area contributed by atoms with E-state index in [0.717, 1.165) is 0 Å². The van der Waals surface area contributed by atoms with Gasteiger partial charge in [0.05, 0.1) is 0 Å². The van der Waals surface area contributed by atoms with Gasteiger partial charge in [-0.1, -0.05) is 170 Å². The number of benzene rings is 11. The Kier molecular flexibility index (Phi) is 6.35. The van der Waals surface area contributed by atoms with E-state index in [2.05, 4.69) is 194 Å². The van der Waals surface area contributed by atoms with Gasteiger partial charge in [-0.15, -0.1) is 0 Å². The molecule has 0 amide bonds. The molecule has 0 heteroatoms. The Balaban J connectivity index is 1.15. The van der Waals surface area contributed by atoms with Crippen LogP contribution in [0.15, 0.2) is 194 Å². The normalized spacial score (nSPS) is 11.8. The van der Waals surface area contributed by atoms with Crippen molar-refractivity contribution in [3.8, 4) is 44.5 Å². The highest BCUT2D eigenvalue weighted by molar-refractivity contribution is 6.29. The Morgan fingerprint density at radius 2 is 0.577 bits per heavy atom. The summed E-state index contributed by atoms with van der Waals surface area (Å²) >= 11 is 0. The molecule has 0 aliphatic rings. The second-order valence-electron chi connectivity index (χ2n) is 14.0. The van der Waals surface area contributed by atoms with Crippen molar-refractivity contribution in [1.29, 1.82) is 0 Å². The van der Waals surface area contributed by atoms with Crippen LogP contribution in [0.4, 0.5) is 0 Å². The topological polar surface area (TPSA) is 0 Å². The van der Waals surface area contributed by atoms with Crippen molar-refractivity contribution < 1.29 is 0 Å². The van der Waals surface area contributed by atoms with Crippen LogP contribution in [0.5, 0.6) is 0 Å². The molecule has 240 valence electrons. The van der Waals surface area contributed by atoms with Gasteiger partial charge >= 0.3 is 0 Å². The van der Waals surface area contributed by atoms with Crippen molar-refractivity contribution in [2.75, 3.05) is 0 Å². The van der Waals surface area contributed by atoms with Gasteiger partial charge in [-0.05, 0) is 133 Å². The van der Waals surface area contributed by atoms with Gasteiger partial charge in [-0.25, -0.2) is 0 Å². The second-order valence-corrected chi connectivity index (χ2v) is 14.0. The van der Waals surface area contributed by atoms with E-state index in [1.807, 2.05) is 0 Å². The third-order valence-electron chi connectivity index (χ3n) is 11.2. The van der Waals surface area contributed by atoms with Crippen molar-refractivity contribution in [2.45, 2.75) is 0 Å². The van der Waals surface area contributed by atoms with Gasteiger partial charge in [-0.3, -0.25) is 0 Å². The molecule has 11 aromatic rings. The highest BCUT2D eigenvalue weighted by Gasteiger charge is 2.17. The van der Waals surface area contributed by atoms with Crippen molar-refractivity contribution in [3.05, 3.63) is 194 Å².